The number of halogens is 2. The van der Waals surface area contributed by atoms with Gasteiger partial charge in [-0.05, 0) is 36.5 Å². The highest BCUT2D eigenvalue weighted by atomic mass is 32.1. The minimum atomic E-state index is -2.95. The molecule has 0 aliphatic carbocycles. The first-order chi connectivity index (χ1) is 12.9. The van der Waals surface area contributed by atoms with Crippen LogP contribution in [0.1, 0.15) is 15.9 Å². The van der Waals surface area contributed by atoms with E-state index in [1.807, 2.05) is 0 Å². The minimum Gasteiger partial charge on any atom is -0.434 e. The maximum absolute atomic E-state index is 12.5. The highest BCUT2D eigenvalue weighted by Gasteiger charge is 2.12. The number of ether oxygens (including phenoxy) is 1. The highest BCUT2D eigenvalue weighted by molar-refractivity contribution is 7.71. The highest BCUT2D eigenvalue weighted by Crippen LogP contribution is 2.20. The smallest absolute Gasteiger partial charge is 0.387 e. The zero-order valence-corrected chi connectivity index (χ0v) is 15.0. The number of hydrogen-bond acceptors (Lipinski definition) is 4. The molecule has 6 nitrogen and oxygen atoms in total. The molecule has 0 fully saturated rings. The van der Waals surface area contributed by atoms with Crippen LogP contribution in [0, 0.1) is 4.77 Å². The number of H-pyrrole nitrogens is 1. The first-order valence-corrected chi connectivity index (χ1v) is 8.31. The van der Waals surface area contributed by atoms with Gasteiger partial charge in [-0.3, -0.25) is 14.2 Å². The van der Waals surface area contributed by atoms with E-state index in [0.29, 0.717) is 22.0 Å². The van der Waals surface area contributed by atoms with Crippen molar-refractivity contribution in [2.75, 3.05) is 0 Å². The number of carbonyl (C=O) groups is 1. The van der Waals surface area contributed by atoms with Gasteiger partial charge < -0.3 is 15.0 Å². The van der Waals surface area contributed by atoms with E-state index in [1.165, 1.54) is 28.8 Å². The van der Waals surface area contributed by atoms with Gasteiger partial charge in [0.05, 0.1) is 10.9 Å². The molecule has 1 amide bonds. The SMILES string of the molecule is Cn1c(=S)[nH]c2cc(C(=O)NCc3ccccc3OC(F)F)ccc2c1=O. The molecule has 2 aromatic carbocycles. The van der Waals surface area contributed by atoms with Crippen LogP contribution in [0.2, 0.25) is 0 Å². The number of aromatic amines is 1. The number of nitrogens with one attached hydrogen (secondary N) is 2. The van der Waals surface area contributed by atoms with E-state index in [-0.39, 0.29) is 22.6 Å². The fourth-order valence-electron chi connectivity index (χ4n) is 2.59. The van der Waals surface area contributed by atoms with Crippen molar-refractivity contribution < 1.29 is 18.3 Å². The molecule has 0 aliphatic rings. The number of aromatic nitrogens is 2. The second-order valence-electron chi connectivity index (χ2n) is 5.72. The molecule has 1 heterocycles. The summed E-state index contributed by atoms with van der Waals surface area (Å²) in [5.41, 5.74) is 0.893. The van der Waals surface area contributed by atoms with Crippen LogP contribution in [0.15, 0.2) is 47.3 Å². The molecular formula is C18H15F2N3O3S. The van der Waals surface area contributed by atoms with E-state index < -0.39 is 12.5 Å². The summed E-state index contributed by atoms with van der Waals surface area (Å²) in [4.78, 5) is 27.5. The van der Waals surface area contributed by atoms with Crippen LogP contribution in [0.4, 0.5) is 8.78 Å². The number of rotatable bonds is 5. The van der Waals surface area contributed by atoms with Crippen molar-refractivity contribution in [2.45, 2.75) is 13.2 Å². The normalized spacial score (nSPS) is 11.0. The molecule has 3 rings (SSSR count). The second-order valence-corrected chi connectivity index (χ2v) is 6.11. The maximum Gasteiger partial charge on any atom is 0.387 e. The number of benzene rings is 2. The zero-order valence-electron chi connectivity index (χ0n) is 14.2. The number of carbonyl (C=O) groups excluding carboxylic acids is 1. The van der Waals surface area contributed by atoms with E-state index in [1.54, 1.807) is 25.2 Å². The summed E-state index contributed by atoms with van der Waals surface area (Å²) in [5, 5.41) is 3.05. The average molecular weight is 391 g/mol. The number of amides is 1. The van der Waals surface area contributed by atoms with Gasteiger partial charge in [-0.2, -0.15) is 8.78 Å². The van der Waals surface area contributed by atoms with E-state index in [4.69, 9.17) is 12.2 Å². The van der Waals surface area contributed by atoms with Crippen LogP contribution in [-0.2, 0) is 13.6 Å². The van der Waals surface area contributed by atoms with Gasteiger partial charge in [0.15, 0.2) is 4.77 Å². The Labute approximate surface area is 157 Å². The molecular weight excluding hydrogens is 376 g/mol. The zero-order chi connectivity index (χ0) is 19.6. The molecule has 0 bridgehead atoms. The summed E-state index contributed by atoms with van der Waals surface area (Å²) in [5.74, 6) is -0.428. The predicted octanol–water partition coefficient (Wildman–Crippen LogP) is 3.13. The number of alkyl halides is 2. The third kappa shape index (κ3) is 4.03. The molecule has 0 saturated heterocycles. The lowest BCUT2D eigenvalue weighted by Crippen LogP contribution is -2.24. The van der Waals surface area contributed by atoms with Crippen LogP contribution in [0.25, 0.3) is 10.9 Å². The van der Waals surface area contributed by atoms with Crippen molar-refractivity contribution in [1.82, 2.24) is 14.9 Å². The van der Waals surface area contributed by atoms with Crippen molar-refractivity contribution in [3.05, 3.63) is 68.7 Å². The summed E-state index contributed by atoms with van der Waals surface area (Å²) in [6.07, 6.45) is 0. The molecule has 140 valence electrons. The van der Waals surface area contributed by atoms with Crippen LogP contribution in [0.3, 0.4) is 0 Å². The Kier molecular flexibility index (Phi) is 5.31. The summed E-state index contributed by atoms with van der Waals surface area (Å²) in [6, 6.07) is 10.8. The Morgan fingerprint density at radius 2 is 2.04 bits per heavy atom. The minimum absolute atomic E-state index is 0.00103. The van der Waals surface area contributed by atoms with Gasteiger partial charge in [-0.15, -0.1) is 0 Å². The van der Waals surface area contributed by atoms with Gasteiger partial charge in [0.1, 0.15) is 5.75 Å². The largest absolute Gasteiger partial charge is 0.434 e. The predicted molar refractivity (Wildman–Crippen MR) is 98.6 cm³/mol. The van der Waals surface area contributed by atoms with E-state index in [9.17, 15) is 18.4 Å². The van der Waals surface area contributed by atoms with Crippen molar-refractivity contribution in [3.63, 3.8) is 0 Å². The Bertz CT molecular complexity index is 1120. The molecule has 1 aromatic heterocycles. The Hall–Kier alpha value is -3.07. The third-order valence-electron chi connectivity index (χ3n) is 3.99. The Morgan fingerprint density at radius 3 is 2.78 bits per heavy atom. The lowest BCUT2D eigenvalue weighted by Gasteiger charge is -2.11. The molecule has 0 radical (unpaired) electrons. The number of nitrogens with zero attached hydrogens (tertiary/aromatic N) is 1. The van der Waals surface area contributed by atoms with Crippen molar-refractivity contribution in [3.8, 4) is 5.75 Å². The van der Waals surface area contributed by atoms with E-state index in [2.05, 4.69) is 15.0 Å². The van der Waals surface area contributed by atoms with Gasteiger partial charge >= 0.3 is 6.61 Å². The lowest BCUT2D eigenvalue weighted by molar-refractivity contribution is -0.0504. The molecule has 3 aromatic rings. The van der Waals surface area contributed by atoms with Crippen molar-refractivity contribution in [2.24, 2.45) is 7.05 Å². The van der Waals surface area contributed by atoms with Gasteiger partial charge in [0.25, 0.3) is 11.5 Å². The first-order valence-electron chi connectivity index (χ1n) is 7.91. The molecule has 0 atom stereocenters. The van der Waals surface area contributed by atoms with Crippen LogP contribution in [-0.4, -0.2) is 22.1 Å². The van der Waals surface area contributed by atoms with Crippen LogP contribution in [0.5, 0.6) is 5.75 Å². The third-order valence-corrected chi connectivity index (χ3v) is 4.37. The molecule has 27 heavy (non-hydrogen) atoms. The fraction of sp³-hybridized carbons (Fsp3) is 0.167. The fourth-order valence-corrected chi connectivity index (χ4v) is 2.78. The number of fused-ring (bicyclic) bond motifs is 1. The Balaban J connectivity index is 1.82. The quantitative estimate of drug-likeness (QED) is 0.656. The van der Waals surface area contributed by atoms with Gasteiger partial charge in [0, 0.05) is 24.7 Å². The first kappa shape index (κ1) is 18.7. The number of para-hydroxylation sites is 1. The average Bonchev–Trinajstić information content (AvgIpc) is 2.64. The Morgan fingerprint density at radius 1 is 1.30 bits per heavy atom. The topological polar surface area (TPSA) is 76.1 Å². The van der Waals surface area contributed by atoms with Crippen LogP contribution < -0.4 is 15.6 Å². The maximum atomic E-state index is 12.5. The molecule has 0 aliphatic heterocycles. The molecule has 0 unspecified atom stereocenters. The molecule has 9 heteroatoms. The summed E-state index contributed by atoms with van der Waals surface area (Å²) >= 11 is 5.07. The number of hydrogen-bond donors (Lipinski definition) is 2. The monoisotopic (exact) mass is 391 g/mol. The molecule has 0 spiro atoms. The second kappa shape index (κ2) is 7.67. The molecule has 0 saturated carbocycles. The standard InChI is InChI=1S/C18H15F2N3O3S/c1-23-16(25)12-7-6-10(8-13(12)22-18(23)27)15(24)21-9-11-4-2-3-5-14(11)26-17(19)20/h2-8,17H,9H2,1H3,(H,21,24)(H,22,27). The van der Waals surface area contributed by atoms with Gasteiger partial charge in [0.2, 0.25) is 0 Å². The van der Waals surface area contributed by atoms with Crippen LogP contribution >= 0.6 is 12.2 Å². The summed E-state index contributed by atoms with van der Waals surface area (Å²) in [6.45, 7) is -2.94. The van der Waals surface area contributed by atoms with Crippen molar-refractivity contribution in [1.29, 1.82) is 0 Å². The lowest BCUT2D eigenvalue weighted by atomic mass is 10.1. The van der Waals surface area contributed by atoms with Crippen molar-refractivity contribution >= 4 is 29.0 Å². The van der Waals surface area contributed by atoms with Gasteiger partial charge in [-0.1, -0.05) is 18.2 Å². The van der Waals surface area contributed by atoms with Gasteiger partial charge in [-0.25, -0.2) is 0 Å². The summed E-state index contributed by atoms with van der Waals surface area (Å²) < 4.78 is 30.9. The van der Waals surface area contributed by atoms with E-state index in [0.717, 1.165) is 0 Å². The summed E-state index contributed by atoms with van der Waals surface area (Å²) in [7, 11) is 1.56. The van der Waals surface area contributed by atoms with E-state index >= 15 is 0 Å². The molecule has 2 N–H and O–H groups in total.